The molecular formula is C14H24N2O3S. The highest BCUT2D eigenvalue weighted by Crippen LogP contribution is 2.23. The fraction of sp³-hybridized carbons (Fsp3) is 0.857. The van der Waals surface area contributed by atoms with Gasteiger partial charge in [0, 0.05) is 24.6 Å². The predicted octanol–water partition coefficient (Wildman–Crippen LogP) is 2.17. The Morgan fingerprint density at radius 2 is 2.00 bits per heavy atom. The minimum absolute atomic E-state index is 0.0455. The predicted molar refractivity (Wildman–Crippen MR) is 80.0 cm³/mol. The molecule has 0 spiro atoms. The number of carbonyl (C=O) groups is 2. The number of thioether (sulfide) groups is 1. The van der Waals surface area contributed by atoms with Gasteiger partial charge in [0.1, 0.15) is 0 Å². The van der Waals surface area contributed by atoms with Crippen molar-refractivity contribution in [2.45, 2.75) is 44.6 Å². The van der Waals surface area contributed by atoms with E-state index in [1.54, 1.807) is 16.7 Å². The van der Waals surface area contributed by atoms with Crippen LogP contribution in [0, 0.1) is 5.92 Å². The first-order chi connectivity index (χ1) is 9.66. The lowest BCUT2D eigenvalue weighted by Crippen LogP contribution is -2.52. The second-order valence-electron chi connectivity index (χ2n) is 5.71. The first-order valence-electron chi connectivity index (χ1n) is 7.51. The number of carboxylic acids is 1. The lowest BCUT2D eigenvalue weighted by molar-refractivity contribution is -0.137. The van der Waals surface area contributed by atoms with Crippen molar-refractivity contribution in [3.05, 3.63) is 0 Å². The number of nitrogens with zero attached hydrogens (tertiary/aromatic N) is 1. The highest BCUT2D eigenvalue weighted by molar-refractivity contribution is 7.99. The SMILES string of the molecule is O=C(O)CC1CSCCN1C(=O)NCC1CCCCC1. The Labute approximate surface area is 124 Å². The first kappa shape index (κ1) is 15.5. The van der Waals surface area contributed by atoms with Crippen LogP contribution in [0.15, 0.2) is 0 Å². The van der Waals surface area contributed by atoms with Gasteiger partial charge in [0.15, 0.2) is 0 Å². The summed E-state index contributed by atoms with van der Waals surface area (Å²) in [4.78, 5) is 24.8. The third-order valence-electron chi connectivity index (χ3n) is 4.17. The van der Waals surface area contributed by atoms with Crippen molar-refractivity contribution >= 4 is 23.8 Å². The molecule has 20 heavy (non-hydrogen) atoms. The summed E-state index contributed by atoms with van der Waals surface area (Å²) in [5, 5.41) is 11.9. The molecule has 0 bridgehead atoms. The Morgan fingerprint density at radius 3 is 2.70 bits per heavy atom. The Bertz CT molecular complexity index is 345. The zero-order valence-corrected chi connectivity index (χ0v) is 12.7. The maximum Gasteiger partial charge on any atom is 0.317 e. The highest BCUT2D eigenvalue weighted by atomic mass is 32.2. The van der Waals surface area contributed by atoms with E-state index in [1.807, 2.05) is 0 Å². The van der Waals surface area contributed by atoms with Crippen LogP contribution in [-0.4, -0.2) is 52.6 Å². The van der Waals surface area contributed by atoms with Gasteiger partial charge in [-0.3, -0.25) is 4.79 Å². The molecule has 2 amide bonds. The van der Waals surface area contributed by atoms with Crippen LogP contribution in [0.5, 0.6) is 0 Å². The average molecular weight is 300 g/mol. The van der Waals surface area contributed by atoms with E-state index < -0.39 is 5.97 Å². The monoisotopic (exact) mass is 300 g/mol. The van der Waals surface area contributed by atoms with Crippen molar-refractivity contribution in [2.75, 3.05) is 24.6 Å². The molecule has 1 unspecified atom stereocenters. The molecule has 5 nitrogen and oxygen atoms in total. The van der Waals surface area contributed by atoms with Crippen molar-refractivity contribution in [2.24, 2.45) is 5.92 Å². The average Bonchev–Trinajstić information content (AvgIpc) is 2.46. The quantitative estimate of drug-likeness (QED) is 0.835. The molecule has 2 rings (SSSR count). The van der Waals surface area contributed by atoms with Crippen LogP contribution in [-0.2, 0) is 4.79 Å². The Morgan fingerprint density at radius 1 is 1.25 bits per heavy atom. The fourth-order valence-corrected chi connectivity index (χ4v) is 4.08. The molecule has 0 aromatic heterocycles. The Kier molecular flexibility index (Phi) is 6.01. The van der Waals surface area contributed by atoms with E-state index >= 15 is 0 Å². The summed E-state index contributed by atoms with van der Waals surface area (Å²) in [6, 6.07) is -0.250. The molecule has 1 heterocycles. The van der Waals surface area contributed by atoms with Gasteiger partial charge >= 0.3 is 12.0 Å². The minimum atomic E-state index is -0.831. The highest BCUT2D eigenvalue weighted by Gasteiger charge is 2.29. The van der Waals surface area contributed by atoms with Crippen molar-refractivity contribution in [3.63, 3.8) is 0 Å². The van der Waals surface area contributed by atoms with Crippen LogP contribution in [0.1, 0.15) is 38.5 Å². The van der Waals surface area contributed by atoms with Gasteiger partial charge in [0.25, 0.3) is 0 Å². The van der Waals surface area contributed by atoms with E-state index in [1.165, 1.54) is 32.1 Å². The summed E-state index contributed by atoms with van der Waals surface area (Å²) >= 11 is 1.73. The normalized spacial score (nSPS) is 24.4. The minimum Gasteiger partial charge on any atom is -0.481 e. The molecule has 1 aliphatic heterocycles. The molecule has 2 N–H and O–H groups in total. The van der Waals surface area contributed by atoms with Gasteiger partial charge in [0.2, 0.25) is 0 Å². The number of carbonyl (C=O) groups excluding carboxylic acids is 1. The van der Waals surface area contributed by atoms with E-state index in [-0.39, 0.29) is 18.5 Å². The smallest absolute Gasteiger partial charge is 0.317 e. The first-order valence-corrected chi connectivity index (χ1v) is 8.66. The third kappa shape index (κ3) is 4.58. The van der Waals surface area contributed by atoms with Gasteiger partial charge in [-0.05, 0) is 18.8 Å². The van der Waals surface area contributed by atoms with Gasteiger partial charge in [-0.25, -0.2) is 4.79 Å². The molecule has 114 valence electrons. The van der Waals surface area contributed by atoms with Crippen LogP contribution >= 0.6 is 11.8 Å². The zero-order chi connectivity index (χ0) is 14.4. The van der Waals surface area contributed by atoms with Gasteiger partial charge in [-0.15, -0.1) is 0 Å². The number of aliphatic carboxylic acids is 1. The molecule has 0 aromatic carbocycles. The number of hydrogen-bond acceptors (Lipinski definition) is 3. The van der Waals surface area contributed by atoms with Gasteiger partial charge < -0.3 is 15.3 Å². The van der Waals surface area contributed by atoms with E-state index in [2.05, 4.69) is 5.32 Å². The molecule has 0 radical (unpaired) electrons. The van der Waals surface area contributed by atoms with Gasteiger partial charge in [-0.2, -0.15) is 11.8 Å². The lowest BCUT2D eigenvalue weighted by Gasteiger charge is -2.35. The zero-order valence-electron chi connectivity index (χ0n) is 11.8. The van der Waals surface area contributed by atoms with Crippen LogP contribution in [0.3, 0.4) is 0 Å². The van der Waals surface area contributed by atoms with Crippen molar-refractivity contribution in [3.8, 4) is 0 Å². The summed E-state index contributed by atoms with van der Waals surface area (Å²) in [6.45, 7) is 1.39. The number of rotatable bonds is 4. The molecule has 1 saturated heterocycles. The number of amides is 2. The van der Waals surface area contributed by atoms with E-state index in [0.717, 1.165) is 18.1 Å². The van der Waals surface area contributed by atoms with Crippen LogP contribution in [0.25, 0.3) is 0 Å². The number of urea groups is 1. The molecule has 2 aliphatic rings. The number of nitrogens with one attached hydrogen (secondary N) is 1. The van der Waals surface area contributed by atoms with Crippen LogP contribution in [0.2, 0.25) is 0 Å². The summed E-state index contributed by atoms with van der Waals surface area (Å²) in [7, 11) is 0. The van der Waals surface area contributed by atoms with Crippen molar-refractivity contribution in [1.29, 1.82) is 0 Å². The van der Waals surface area contributed by atoms with E-state index in [4.69, 9.17) is 5.11 Å². The number of carboxylic acid groups (broad SMARTS) is 1. The second-order valence-corrected chi connectivity index (χ2v) is 6.86. The molecule has 2 fully saturated rings. The second kappa shape index (κ2) is 7.76. The molecule has 1 atom stereocenters. The fourth-order valence-electron chi connectivity index (χ4n) is 3.02. The summed E-state index contributed by atoms with van der Waals surface area (Å²) < 4.78 is 0. The largest absolute Gasteiger partial charge is 0.481 e. The van der Waals surface area contributed by atoms with E-state index in [9.17, 15) is 9.59 Å². The third-order valence-corrected chi connectivity index (χ3v) is 5.26. The Balaban J connectivity index is 1.80. The summed E-state index contributed by atoms with van der Waals surface area (Å²) in [6.07, 6.45) is 6.30. The van der Waals surface area contributed by atoms with Gasteiger partial charge in [0.05, 0.1) is 12.5 Å². The topological polar surface area (TPSA) is 69.6 Å². The van der Waals surface area contributed by atoms with Crippen molar-refractivity contribution < 1.29 is 14.7 Å². The van der Waals surface area contributed by atoms with Crippen LogP contribution < -0.4 is 5.32 Å². The molecule has 1 saturated carbocycles. The van der Waals surface area contributed by atoms with Gasteiger partial charge in [-0.1, -0.05) is 19.3 Å². The molecule has 0 aromatic rings. The molecule has 6 heteroatoms. The molecular weight excluding hydrogens is 276 g/mol. The molecule has 1 aliphatic carbocycles. The standard InChI is InChI=1S/C14H24N2O3S/c17-13(18)8-12-10-20-7-6-16(12)14(19)15-9-11-4-2-1-3-5-11/h11-12H,1-10H2,(H,15,19)(H,17,18). The van der Waals surface area contributed by atoms with E-state index in [0.29, 0.717) is 12.5 Å². The maximum absolute atomic E-state index is 12.2. The lowest BCUT2D eigenvalue weighted by atomic mass is 9.89. The van der Waals surface area contributed by atoms with Crippen LogP contribution in [0.4, 0.5) is 4.79 Å². The maximum atomic E-state index is 12.2. The number of hydrogen-bond donors (Lipinski definition) is 2. The Hall–Kier alpha value is -0.910. The van der Waals surface area contributed by atoms with Crippen molar-refractivity contribution in [1.82, 2.24) is 10.2 Å². The summed E-state index contributed by atoms with van der Waals surface area (Å²) in [5.41, 5.74) is 0. The summed E-state index contributed by atoms with van der Waals surface area (Å²) in [5.74, 6) is 1.39.